The Hall–Kier alpha value is -0.540. The maximum Gasteiger partial charge on any atom is 0.0391 e. The maximum atomic E-state index is 6.34. The first-order valence-electron chi connectivity index (χ1n) is 5.57. The number of fused-ring (bicyclic) bond motifs is 2. The van der Waals surface area contributed by atoms with E-state index in [1.54, 1.807) is 0 Å². The van der Waals surface area contributed by atoms with Gasteiger partial charge in [0.05, 0.1) is 0 Å². The molecular formula is C12H15BrN2. The predicted octanol–water partition coefficient (Wildman–Crippen LogP) is 3.04. The maximum absolute atomic E-state index is 6.34. The third-order valence-electron chi connectivity index (χ3n) is 3.74. The van der Waals surface area contributed by atoms with Crippen molar-refractivity contribution in [2.75, 3.05) is 5.32 Å². The molecule has 0 radical (unpaired) electrons. The summed E-state index contributed by atoms with van der Waals surface area (Å²) in [4.78, 5) is 0. The summed E-state index contributed by atoms with van der Waals surface area (Å²) in [7, 11) is 0. The zero-order chi connectivity index (χ0) is 10.4. The topological polar surface area (TPSA) is 38.0 Å². The van der Waals surface area contributed by atoms with E-state index in [1.807, 2.05) is 0 Å². The molecule has 1 aliphatic heterocycles. The van der Waals surface area contributed by atoms with Crippen LogP contribution in [-0.2, 0) is 0 Å². The molecule has 3 heteroatoms. The minimum absolute atomic E-state index is 0.214. The van der Waals surface area contributed by atoms with E-state index < -0.39 is 0 Å². The van der Waals surface area contributed by atoms with Crippen molar-refractivity contribution in [3.63, 3.8) is 0 Å². The summed E-state index contributed by atoms with van der Waals surface area (Å²) >= 11 is 3.51. The van der Waals surface area contributed by atoms with E-state index in [-0.39, 0.29) is 6.04 Å². The van der Waals surface area contributed by atoms with Gasteiger partial charge in [-0.25, -0.2) is 0 Å². The lowest BCUT2D eigenvalue weighted by Gasteiger charge is -2.35. The highest BCUT2D eigenvalue weighted by Crippen LogP contribution is 2.43. The zero-order valence-electron chi connectivity index (χ0n) is 8.54. The average molecular weight is 267 g/mol. The van der Waals surface area contributed by atoms with Gasteiger partial charge in [0.25, 0.3) is 0 Å². The van der Waals surface area contributed by atoms with Crippen LogP contribution in [0.4, 0.5) is 5.69 Å². The van der Waals surface area contributed by atoms with Gasteiger partial charge in [-0.15, -0.1) is 0 Å². The van der Waals surface area contributed by atoms with Crippen LogP contribution < -0.4 is 11.1 Å². The van der Waals surface area contributed by atoms with Gasteiger partial charge in [-0.2, -0.15) is 0 Å². The summed E-state index contributed by atoms with van der Waals surface area (Å²) < 4.78 is 1.12. The summed E-state index contributed by atoms with van der Waals surface area (Å²) in [6.07, 6.45) is 3.85. The van der Waals surface area contributed by atoms with Gasteiger partial charge in [0.2, 0.25) is 0 Å². The summed E-state index contributed by atoms with van der Waals surface area (Å²) in [6.45, 7) is 0. The van der Waals surface area contributed by atoms with E-state index in [0.717, 1.165) is 4.47 Å². The normalized spacial score (nSPS) is 33.1. The Labute approximate surface area is 98.4 Å². The molecule has 2 aliphatic rings. The Balaban J connectivity index is 2.05. The highest BCUT2D eigenvalue weighted by molar-refractivity contribution is 9.10. The molecule has 15 heavy (non-hydrogen) atoms. The molecule has 0 amide bonds. The van der Waals surface area contributed by atoms with Gasteiger partial charge >= 0.3 is 0 Å². The number of nitrogens with one attached hydrogen (secondary N) is 1. The van der Waals surface area contributed by atoms with Crippen LogP contribution in [0.5, 0.6) is 0 Å². The first-order chi connectivity index (χ1) is 7.25. The molecule has 3 unspecified atom stereocenters. The van der Waals surface area contributed by atoms with Crippen LogP contribution in [0.25, 0.3) is 0 Å². The van der Waals surface area contributed by atoms with Crippen molar-refractivity contribution in [3.8, 4) is 0 Å². The SMILES string of the molecule is NC1c2cc(Br)ccc2NC2CCCC21. The summed E-state index contributed by atoms with van der Waals surface area (Å²) in [5, 5.41) is 3.62. The Morgan fingerprint density at radius 2 is 2.20 bits per heavy atom. The molecule has 80 valence electrons. The number of nitrogens with two attached hydrogens (primary N) is 1. The van der Waals surface area contributed by atoms with Crippen molar-refractivity contribution in [1.82, 2.24) is 0 Å². The number of hydrogen-bond acceptors (Lipinski definition) is 2. The fourth-order valence-electron chi connectivity index (χ4n) is 2.97. The second kappa shape index (κ2) is 3.49. The fraction of sp³-hybridized carbons (Fsp3) is 0.500. The first kappa shape index (κ1) is 9.67. The Bertz CT molecular complexity index is 391. The van der Waals surface area contributed by atoms with Gasteiger partial charge in [-0.3, -0.25) is 0 Å². The second-order valence-corrected chi connectivity index (χ2v) is 5.52. The van der Waals surface area contributed by atoms with Gasteiger partial charge in [0.1, 0.15) is 0 Å². The van der Waals surface area contributed by atoms with Crippen LogP contribution in [0.3, 0.4) is 0 Å². The average Bonchev–Trinajstić information content (AvgIpc) is 2.68. The standard InChI is InChI=1S/C12H15BrN2/c13-7-4-5-11-9(6-7)12(14)8-2-1-3-10(8)15-11/h4-6,8,10,12,15H,1-3,14H2. The minimum atomic E-state index is 0.214. The quantitative estimate of drug-likeness (QED) is 0.758. The van der Waals surface area contributed by atoms with Gasteiger partial charge in [0.15, 0.2) is 0 Å². The second-order valence-electron chi connectivity index (χ2n) is 4.60. The molecule has 1 fully saturated rings. The van der Waals surface area contributed by atoms with Crippen LogP contribution in [0.2, 0.25) is 0 Å². The molecule has 1 heterocycles. The number of hydrogen-bond donors (Lipinski definition) is 2. The van der Waals surface area contributed by atoms with Gasteiger partial charge in [-0.1, -0.05) is 22.4 Å². The van der Waals surface area contributed by atoms with Crippen molar-refractivity contribution in [2.24, 2.45) is 11.7 Å². The highest BCUT2D eigenvalue weighted by atomic mass is 79.9. The third kappa shape index (κ3) is 1.49. The Morgan fingerprint density at radius 1 is 1.33 bits per heavy atom. The molecule has 2 nitrogen and oxygen atoms in total. The van der Waals surface area contributed by atoms with E-state index >= 15 is 0 Å². The lowest BCUT2D eigenvalue weighted by Crippen LogP contribution is -2.37. The van der Waals surface area contributed by atoms with Crippen molar-refractivity contribution >= 4 is 21.6 Å². The Kier molecular flexibility index (Phi) is 2.25. The number of anilines is 1. The fourth-order valence-corrected chi connectivity index (χ4v) is 3.35. The van der Waals surface area contributed by atoms with Crippen molar-refractivity contribution in [3.05, 3.63) is 28.2 Å². The Morgan fingerprint density at radius 3 is 3.07 bits per heavy atom. The smallest absolute Gasteiger partial charge is 0.0391 e. The third-order valence-corrected chi connectivity index (χ3v) is 4.24. The molecule has 0 saturated heterocycles. The van der Waals surface area contributed by atoms with Crippen LogP contribution in [-0.4, -0.2) is 6.04 Å². The molecule has 0 bridgehead atoms. The van der Waals surface area contributed by atoms with Crippen LogP contribution >= 0.6 is 15.9 Å². The van der Waals surface area contributed by atoms with E-state index in [2.05, 4.69) is 39.4 Å². The molecule has 1 aromatic rings. The minimum Gasteiger partial charge on any atom is -0.382 e. The lowest BCUT2D eigenvalue weighted by molar-refractivity contribution is 0.401. The number of halogens is 1. The summed E-state index contributed by atoms with van der Waals surface area (Å²) in [5.41, 5.74) is 8.84. The predicted molar refractivity (Wildman–Crippen MR) is 65.8 cm³/mol. The van der Waals surface area contributed by atoms with E-state index in [4.69, 9.17) is 5.73 Å². The number of benzene rings is 1. The van der Waals surface area contributed by atoms with E-state index in [1.165, 1.54) is 30.5 Å². The molecule has 3 N–H and O–H groups in total. The molecule has 1 aliphatic carbocycles. The number of rotatable bonds is 0. The molecule has 3 rings (SSSR count). The molecule has 1 aromatic carbocycles. The largest absolute Gasteiger partial charge is 0.382 e. The van der Waals surface area contributed by atoms with Gasteiger partial charge in [-0.05, 0) is 42.5 Å². The summed E-state index contributed by atoms with van der Waals surface area (Å²) in [6, 6.07) is 7.18. The first-order valence-corrected chi connectivity index (χ1v) is 6.36. The van der Waals surface area contributed by atoms with Crippen molar-refractivity contribution in [1.29, 1.82) is 0 Å². The summed E-state index contributed by atoms with van der Waals surface area (Å²) in [5.74, 6) is 0.631. The molecule has 1 saturated carbocycles. The highest BCUT2D eigenvalue weighted by Gasteiger charge is 2.37. The molecule has 3 atom stereocenters. The monoisotopic (exact) mass is 266 g/mol. The van der Waals surface area contributed by atoms with Crippen LogP contribution in [0, 0.1) is 5.92 Å². The molecular weight excluding hydrogens is 252 g/mol. The van der Waals surface area contributed by atoms with Crippen molar-refractivity contribution < 1.29 is 0 Å². The van der Waals surface area contributed by atoms with E-state index in [0.29, 0.717) is 12.0 Å². The molecule has 0 aromatic heterocycles. The van der Waals surface area contributed by atoms with Crippen molar-refractivity contribution in [2.45, 2.75) is 31.3 Å². The lowest BCUT2D eigenvalue weighted by atomic mass is 9.85. The van der Waals surface area contributed by atoms with Crippen LogP contribution in [0.1, 0.15) is 30.9 Å². The zero-order valence-corrected chi connectivity index (χ0v) is 10.1. The van der Waals surface area contributed by atoms with Gasteiger partial charge < -0.3 is 11.1 Å². The van der Waals surface area contributed by atoms with E-state index in [9.17, 15) is 0 Å². The van der Waals surface area contributed by atoms with Crippen LogP contribution in [0.15, 0.2) is 22.7 Å². The molecule has 0 spiro atoms. The van der Waals surface area contributed by atoms with Gasteiger partial charge in [0, 0.05) is 22.2 Å².